The first kappa shape index (κ1) is 6.61. The average Bonchev–Trinajstić information content (AvgIpc) is 1.65. The average molecular weight is 138 g/mol. The van der Waals surface area contributed by atoms with Gasteiger partial charge in [-0.1, -0.05) is 0 Å². The van der Waals surface area contributed by atoms with Crippen molar-refractivity contribution in [1.29, 1.82) is 0 Å². The summed E-state index contributed by atoms with van der Waals surface area (Å²) in [5, 5.41) is 0. The van der Waals surface area contributed by atoms with Crippen molar-refractivity contribution in [2.75, 3.05) is 0 Å². The van der Waals surface area contributed by atoms with Crippen LogP contribution in [0.1, 0.15) is 0 Å². The molecule has 4 heteroatoms. The van der Waals surface area contributed by atoms with Crippen molar-refractivity contribution in [2.24, 2.45) is 0 Å². The van der Waals surface area contributed by atoms with Crippen molar-refractivity contribution in [3.63, 3.8) is 0 Å². The van der Waals surface area contributed by atoms with E-state index in [1.807, 2.05) is 0 Å². The molecule has 0 rings (SSSR count). The molecule has 0 aliphatic carbocycles. The van der Waals surface area contributed by atoms with Crippen LogP contribution in [0.15, 0.2) is 0 Å². The third-order valence-corrected chi connectivity index (χ3v) is 0.584. The number of hydrogen-bond donors (Lipinski definition) is 0. The Balaban J connectivity index is 3.64. The highest BCUT2D eigenvalue weighted by atomic mass is 35.5. The zero-order valence-corrected chi connectivity index (χ0v) is 4.70. The summed E-state index contributed by atoms with van der Waals surface area (Å²) in [6.07, 6.45) is 4.56. The molecular weight excluding hydrogens is 137 g/mol. The van der Waals surface area contributed by atoms with Crippen molar-refractivity contribution in [3.05, 3.63) is 0 Å². The molecular formula is C3HCl2NO. The van der Waals surface area contributed by atoms with Gasteiger partial charge >= 0.3 is 5.91 Å². The van der Waals surface area contributed by atoms with Crippen molar-refractivity contribution in [1.82, 2.24) is 3.94 Å². The molecule has 0 atom stereocenters. The molecule has 0 heterocycles. The molecule has 0 aliphatic heterocycles. The number of hydrogen-bond acceptors (Lipinski definition) is 1. The van der Waals surface area contributed by atoms with Crippen molar-refractivity contribution < 1.29 is 4.79 Å². The first-order valence-corrected chi connectivity index (χ1v) is 1.98. The molecule has 0 radical (unpaired) electrons. The second kappa shape index (κ2) is 2.73. The number of carbonyl (C=O) groups is 1. The molecule has 7 heavy (non-hydrogen) atoms. The fraction of sp³-hybridized carbons (Fsp3) is 0. The Bertz CT molecular complexity index is 115. The largest absolute Gasteiger partial charge is 0.327 e. The van der Waals surface area contributed by atoms with E-state index in [1.54, 1.807) is 5.92 Å². The summed E-state index contributed by atoms with van der Waals surface area (Å²) in [6.45, 7) is 0. The van der Waals surface area contributed by atoms with Gasteiger partial charge < -0.3 is 0 Å². The summed E-state index contributed by atoms with van der Waals surface area (Å²) in [5.74, 6) is 0.927. The second-order valence-corrected chi connectivity index (χ2v) is 1.53. The lowest BCUT2D eigenvalue weighted by Gasteiger charge is -1.91. The van der Waals surface area contributed by atoms with E-state index in [9.17, 15) is 4.79 Å². The van der Waals surface area contributed by atoms with Gasteiger partial charge in [-0.05, 0) is 5.92 Å². The van der Waals surface area contributed by atoms with Gasteiger partial charge in [-0.3, -0.25) is 4.79 Å². The highest BCUT2D eigenvalue weighted by Gasteiger charge is 1.99. The molecule has 0 saturated carbocycles. The maximum absolute atomic E-state index is 9.94. The standard InChI is InChI=1S/C3HCl2NO/c1-2-3(7)6(4)5/h1H. The minimum Gasteiger partial charge on any atom is -0.257 e. The highest BCUT2D eigenvalue weighted by molar-refractivity contribution is 6.43. The van der Waals surface area contributed by atoms with Gasteiger partial charge in [0.05, 0.1) is 0 Å². The zero-order chi connectivity index (χ0) is 5.86. The monoisotopic (exact) mass is 137 g/mol. The third kappa shape index (κ3) is 2.32. The first-order chi connectivity index (χ1) is 3.18. The van der Waals surface area contributed by atoms with Crippen LogP contribution in [-0.2, 0) is 4.79 Å². The van der Waals surface area contributed by atoms with Gasteiger partial charge in [-0.15, -0.1) is 10.4 Å². The van der Waals surface area contributed by atoms with E-state index in [0.29, 0.717) is 3.94 Å². The molecule has 0 fully saturated rings. The van der Waals surface area contributed by atoms with E-state index in [4.69, 9.17) is 23.6 Å². The van der Waals surface area contributed by atoms with Gasteiger partial charge in [-0.25, -0.2) is 0 Å². The van der Waals surface area contributed by atoms with Crippen molar-refractivity contribution in [3.8, 4) is 12.3 Å². The van der Waals surface area contributed by atoms with E-state index in [-0.39, 0.29) is 0 Å². The molecule has 0 aliphatic rings. The number of carbonyl (C=O) groups excluding carboxylic acids is 1. The maximum Gasteiger partial charge on any atom is 0.327 e. The molecule has 0 aromatic rings. The number of terminal acetylenes is 1. The van der Waals surface area contributed by atoms with Crippen LogP contribution >= 0.6 is 23.6 Å². The van der Waals surface area contributed by atoms with Gasteiger partial charge in [0.25, 0.3) is 0 Å². The number of nitrogens with zero attached hydrogens (tertiary/aromatic N) is 1. The smallest absolute Gasteiger partial charge is 0.257 e. The molecule has 0 aromatic heterocycles. The Labute approximate surface area is 51.2 Å². The molecule has 2 nitrogen and oxygen atoms in total. The molecule has 1 amide bonds. The lowest BCUT2D eigenvalue weighted by Crippen LogP contribution is -2.06. The lowest BCUT2D eigenvalue weighted by molar-refractivity contribution is -0.117. The van der Waals surface area contributed by atoms with Gasteiger partial charge in [0.2, 0.25) is 0 Å². The molecule has 0 bridgehead atoms. The summed E-state index contributed by atoms with van der Waals surface area (Å²) in [4.78, 5) is 9.94. The fourth-order valence-corrected chi connectivity index (χ4v) is 0.146. The Morgan fingerprint density at radius 3 is 2.14 bits per heavy atom. The lowest BCUT2D eigenvalue weighted by atomic mass is 10.7. The number of halogens is 2. The molecule has 38 valence electrons. The topological polar surface area (TPSA) is 20.3 Å². The van der Waals surface area contributed by atoms with E-state index < -0.39 is 5.91 Å². The highest BCUT2D eigenvalue weighted by Crippen LogP contribution is 1.96. The van der Waals surface area contributed by atoms with Crippen LogP contribution in [0.25, 0.3) is 0 Å². The van der Waals surface area contributed by atoms with Gasteiger partial charge in [-0.2, -0.15) is 0 Å². The molecule has 0 unspecified atom stereocenters. The Morgan fingerprint density at radius 1 is 1.71 bits per heavy atom. The van der Waals surface area contributed by atoms with Crippen LogP contribution in [0, 0.1) is 12.3 Å². The van der Waals surface area contributed by atoms with E-state index in [1.165, 1.54) is 0 Å². The minimum absolute atomic E-state index is 0.292. The second-order valence-electron chi connectivity index (χ2n) is 0.682. The molecule has 0 N–H and O–H groups in total. The number of amides is 1. The Hall–Kier alpha value is -0.390. The molecule has 0 saturated heterocycles. The van der Waals surface area contributed by atoms with Crippen LogP contribution in [0.5, 0.6) is 0 Å². The predicted octanol–water partition coefficient (Wildman–Crippen LogP) is 0.756. The van der Waals surface area contributed by atoms with Crippen LogP contribution < -0.4 is 0 Å². The predicted molar refractivity (Wildman–Crippen MR) is 27.4 cm³/mol. The summed E-state index contributed by atoms with van der Waals surface area (Å²) < 4.78 is 0.292. The van der Waals surface area contributed by atoms with Gasteiger partial charge in [0.15, 0.2) is 0 Å². The fourth-order valence-electron chi connectivity index (χ4n) is 0.0488. The Kier molecular flexibility index (Phi) is 2.58. The normalized spacial score (nSPS) is 7.00. The summed E-state index contributed by atoms with van der Waals surface area (Å²) in [7, 11) is 0. The van der Waals surface area contributed by atoms with Gasteiger partial charge in [0, 0.05) is 23.6 Å². The molecule has 0 spiro atoms. The van der Waals surface area contributed by atoms with Crippen molar-refractivity contribution in [2.45, 2.75) is 0 Å². The summed E-state index contributed by atoms with van der Waals surface area (Å²) in [6, 6.07) is 0. The zero-order valence-electron chi connectivity index (χ0n) is 3.19. The number of rotatable bonds is 0. The van der Waals surface area contributed by atoms with Crippen LogP contribution in [0.4, 0.5) is 0 Å². The minimum atomic E-state index is -0.761. The summed E-state index contributed by atoms with van der Waals surface area (Å²) >= 11 is 9.67. The van der Waals surface area contributed by atoms with Crippen molar-refractivity contribution >= 4 is 29.5 Å². The summed E-state index contributed by atoms with van der Waals surface area (Å²) in [5.41, 5.74) is 0. The van der Waals surface area contributed by atoms with Crippen LogP contribution in [0.2, 0.25) is 0 Å². The quantitative estimate of drug-likeness (QED) is 0.357. The SMILES string of the molecule is C#CC(=O)N(Cl)Cl. The van der Waals surface area contributed by atoms with Crippen LogP contribution in [0.3, 0.4) is 0 Å². The van der Waals surface area contributed by atoms with E-state index >= 15 is 0 Å². The maximum atomic E-state index is 9.94. The molecule has 0 aromatic carbocycles. The van der Waals surface area contributed by atoms with E-state index in [0.717, 1.165) is 0 Å². The first-order valence-electron chi connectivity index (χ1n) is 1.30. The van der Waals surface area contributed by atoms with E-state index in [2.05, 4.69) is 6.42 Å². The van der Waals surface area contributed by atoms with Crippen LogP contribution in [-0.4, -0.2) is 9.85 Å². The van der Waals surface area contributed by atoms with Gasteiger partial charge in [0.1, 0.15) is 0 Å². The Morgan fingerprint density at radius 2 is 2.14 bits per heavy atom. The third-order valence-electron chi connectivity index (χ3n) is 0.277.